The van der Waals surface area contributed by atoms with Gasteiger partial charge in [0.15, 0.2) is 11.6 Å². The molecule has 102 valence electrons. The Labute approximate surface area is 114 Å². The summed E-state index contributed by atoms with van der Waals surface area (Å²) in [4.78, 5) is 8.40. The van der Waals surface area contributed by atoms with E-state index < -0.39 is 5.82 Å². The second kappa shape index (κ2) is 4.52. The highest BCUT2D eigenvalue weighted by molar-refractivity contribution is 5.63. The second-order valence-electron chi connectivity index (χ2n) is 4.55. The van der Waals surface area contributed by atoms with Crippen LogP contribution in [0.2, 0.25) is 0 Å². The number of halogens is 1. The number of aryl methyl sites for hydroxylation is 3. The fourth-order valence-electron chi connectivity index (χ4n) is 1.88. The predicted octanol–water partition coefficient (Wildman–Crippen LogP) is 2.02. The van der Waals surface area contributed by atoms with Crippen LogP contribution in [0.15, 0.2) is 18.2 Å². The summed E-state index contributed by atoms with van der Waals surface area (Å²) in [5.74, 6) is 1.87. The standard InChI is InChI=1S/C13H13FN6/c1-7-15-13(18-17-7)10-5-4-9(6-11(10)14)12-16-8(2)20(3)19-12/h4-6H,1-3H3,(H,15,17,18). The van der Waals surface area contributed by atoms with Crippen LogP contribution in [0.25, 0.3) is 22.8 Å². The molecule has 0 atom stereocenters. The molecule has 0 spiro atoms. The topological polar surface area (TPSA) is 72.3 Å². The van der Waals surface area contributed by atoms with Crippen LogP contribution in [0.1, 0.15) is 11.6 Å². The van der Waals surface area contributed by atoms with Crippen molar-refractivity contribution in [1.29, 1.82) is 0 Å². The van der Waals surface area contributed by atoms with Gasteiger partial charge in [0, 0.05) is 12.6 Å². The first-order valence-corrected chi connectivity index (χ1v) is 6.11. The highest BCUT2D eigenvalue weighted by Gasteiger charge is 2.13. The average Bonchev–Trinajstić information content (AvgIpc) is 2.97. The number of benzene rings is 1. The lowest BCUT2D eigenvalue weighted by molar-refractivity contribution is 0.630. The molecule has 0 unspecified atom stereocenters. The lowest BCUT2D eigenvalue weighted by Crippen LogP contribution is -1.93. The zero-order valence-corrected chi connectivity index (χ0v) is 11.3. The minimum absolute atomic E-state index is 0.344. The summed E-state index contributed by atoms with van der Waals surface area (Å²) in [7, 11) is 1.80. The van der Waals surface area contributed by atoms with Gasteiger partial charge in [-0.1, -0.05) is 6.07 Å². The maximum atomic E-state index is 14.2. The number of nitrogens with one attached hydrogen (secondary N) is 1. The number of rotatable bonds is 2. The summed E-state index contributed by atoms with van der Waals surface area (Å²) in [5, 5.41) is 10.9. The molecule has 0 saturated carbocycles. The Morgan fingerprint density at radius 2 is 1.95 bits per heavy atom. The first-order chi connectivity index (χ1) is 9.54. The highest BCUT2D eigenvalue weighted by Crippen LogP contribution is 2.24. The van der Waals surface area contributed by atoms with E-state index in [1.165, 1.54) is 6.07 Å². The van der Waals surface area contributed by atoms with Crippen LogP contribution < -0.4 is 0 Å². The van der Waals surface area contributed by atoms with E-state index in [-0.39, 0.29) is 0 Å². The lowest BCUT2D eigenvalue weighted by Gasteiger charge is -2.00. The van der Waals surface area contributed by atoms with Crippen LogP contribution in [0.4, 0.5) is 4.39 Å². The largest absolute Gasteiger partial charge is 0.263 e. The zero-order valence-electron chi connectivity index (χ0n) is 11.3. The number of H-pyrrole nitrogens is 1. The fraction of sp³-hybridized carbons (Fsp3) is 0.231. The Bertz CT molecular complexity index is 754. The van der Waals surface area contributed by atoms with Crippen LogP contribution in [0.3, 0.4) is 0 Å². The normalized spacial score (nSPS) is 11.0. The van der Waals surface area contributed by atoms with Crippen molar-refractivity contribution >= 4 is 0 Å². The van der Waals surface area contributed by atoms with E-state index in [0.717, 1.165) is 5.82 Å². The van der Waals surface area contributed by atoms with Gasteiger partial charge in [-0.2, -0.15) is 10.2 Å². The Kier molecular flexibility index (Phi) is 2.81. The van der Waals surface area contributed by atoms with Gasteiger partial charge in [-0.3, -0.25) is 9.78 Å². The average molecular weight is 272 g/mol. The summed E-state index contributed by atoms with van der Waals surface area (Å²) < 4.78 is 15.8. The molecule has 1 N–H and O–H groups in total. The van der Waals surface area contributed by atoms with Crippen molar-refractivity contribution < 1.29 is 4.39 Å². The van der Waals surface area contributed by atoms with Crippen LogP contribution in [-0.4, -0.2) is 29.9 Å². The van der Waals surface area contributed by atoms with Gasteiger partial charge in [0.25, 0.3) is 0 Å². The fourth-order valence-corrected chi connectivity index (χ4v) is 1.88. The smallest absolute Gasteiger partial charge is 0.184 e. The molecule has 2 heterocycles. The zero-order chi connectivity index (χ0) is 14.3. The Balaban J connectivity index is 2.03. The predicted molar refractivity (Wildman–Crippen MR) is 71.2 cm³/mol. The Hall–Kier alpha value is -2.57. The Morgan fingerprint density at radius 1 is 1.15 bits per heavy atom. The third-order valence-corrected chi connectivity index (χ3v) is 3.05. The van der Waals surface area contributed by atoms with Crippen molar-refractivity contribution in [3.05, 3.63) is 35.7 Å². The van der Waals surface area contributed by atoms with E-state index in [9.17, 15) is 4.39 Å². The van der Waals surface area contributed by atoms with Crippen molar-refractivity contribution in [3.63, 3.8) is 0 Å². The molecular formula is C13H13FN6. The highest BCUT2D eigenvalue weighted by atomic mass is 19.1. The molecule has 0 amide bonds. The molecule has 7 heteroatoms. The molecule has 6 nitrogen and oxygen atoms in total. The van der Waals surface area contributed by atoms with Gasteiger partial charge in [-0.25, -0.2) is 14.4 Å². The number of nitrogens with zero attached hydrogens (tertiary/aromatic N) is 5. The molecule has 20 heavy (non-hydrogen) atoms. The van der Waals surface area contributed by atoms with Gasteiger partial charge in [-0.05, 0) is 26.0 Å². The molecule has 0 bridgehead atoms. The Morgan fingerprint density at radius 3 is 2.50 bits per heavy atom. The number of hydrogen-bond acceptors (Lipinski definition) is 4. The van der Waals surface area contributed by atoms with Crippen LogP contribution in [-0.2, 0) is 7.05 Å². The van der Waals surface area contributed by atoms with E-state index >= 15 is 0 Å². The lowest BCUT2D eigenvalue weighted by atomic mass is 10.1. The monoisotopic (exact) mass is 272 g/mol. The molecule has 3 aromatic rings. The maximum Gasteiger partial charge on any atom is 0.184 e. The van der Waals surface area contributed by atoms with E-state index in [0.29, 0.717) is 28.6 Å². The third kappa shape index (κ3) is 2.07. The summed E-state index contributed by atoms with van der Waals surface area (Å²) in [6.45, 7) is 3.61. The molecule has 2 aromatic heterocycles. The molecule has 0 aliphatic carbocycles. The molecule has 0 aliphatic heterocycles. The molecular weight excluding hydrogens is 259 g/mol. The van der Waals surface area contributed by atoms with Crippen molar-refractivity contribution in [2.24, 2.45) is 7.05 Å². The van der Waals surface area contributed by atoms with E-state index in [4.69, 9.17) is 0 Å². The van der Waals surface area contributed by atoms with Gasteiger partial charge in [0.2, 0.25) is 0 Å². The van der Waals surface area contributed by atoms with Crippen molar-refractivity contribution in [1.82, 2.24) is 29.9 Å². The number of aromatic amines is 1. The van der Waals surface area contributed by atoms with Crippen LogP contribution in [0.5, 0.6) is 0 Å². The second-order valence-corrected chi connectivity index (χ2v) is 4.55. The molecule has 0 radical (unpaired) electrons. The van der Waals surface area contributed by atoms with E-state index in [1.807, 2.05) is 6.92 Å². The minimum atomic E-state index is -0.397. The minimum Gasteiger partial charge on any atom is -0.263 e. The summed E-state index contributed by atoms with van der Waals surface area (Å²) in [6, 6.07) is 4.80. The van der Waals surface area contributed by atoms with E-state index in [1.54, 1.807) is 30.8 Å². The first kappa shape index (κ1) is 12.5. The van der Waals surface area contributed by atoms with Crippen molar-refractivity contribution in [2.45, 2.75) is 13.8 Å². The molecule has 0 saturated heterocycles. The van der Waals surface area contributed by atoms with Crippen LogP contribution >= 0.6 is 0 Å². The van der Waals surface area contributed by atoms with Gasteiger partial charge in [0.1, 0.15) is 17.5 Å². The molecule has 1 aromatic carbocycles. The van der Waals surface area contributed by atoms with Crippen molar-refractivity contribution in [2.75, 3.05) is 0 Å². The van der Waals surface area contributed by atoms with Crippen molar-refractivity contribution in [3.8, 4) is 22.8 Å². The van der Waals surface area contributed by atoms with Gasteiger partial charge in [0.05, 0.1) is 5.56 Å². The van der Waals surface area contributed by atoms with Crippen LogP contribution in [0, 0.1) is 19.7 Å². The van der Waals surface area contributed by atoms with E-state index in [2.05, 4.69) is 25.3 Å². The first-order valence-electron chi connectivity index (χ1n) is 6.11. The number of hydrogen-bond donors (Lipinski definition) is 1. The van der Waals surface area contributed by atoms with Gasteiger partial charge >= 0.3 is 0 Å². The quantitative estimate of drug-likeness (QED) is 0.774. The maximum absolute atomic E-state index is 14.2. The molecule has 0 fully saturated rings. The molecule has 3 rings (SSSR count). The summed E-state index contributed by atoms with van der Waals surface area (Å²) in [6.07, 6.45) is 0. The SMILES string of the molecule is Cc1nc(-c2ccc(-c3nc(C)n(C)n3)cc2F)n[nH]1. The third-order valence-electron chi connectivity index (χ3n) is 3.05. The molecule has 0 aliphatic rings. The summed E-state index contributed by atoms with van der Waals surface area (Å²) in [5.41, 5.74) is 0.980. The number of aromatic nitrogens is 6. The van der Waals surface area contributed by atoms with Gasteiger partial charge in [-0.15, -0.1) is 0 Å². The van der Waals surface area contributed by atoms with Gasteiger partial charge < -0.3 is 0 Å². The summed E-state index contributed by atoms with van der Waals surface area (Å²) >= 11 is 0.